The van der Waals surface area contributed by atoms with Crippen LogP contribution in [0.1, 0.15) is 43.1 Å². The summed E-state index contributed by atoms with van der Waals surface area (Å²) < 4.78 is 0. The number of amides is 2. The number of aromatic amines is 1. The molecule has 3 aliphatic rings. The van der Waals surface area contributed by atoms with Gasteiger partial charge in [-0.25, -0.2) is 0 Å². The first-order valence-corrected chi connectivity index (χ1v) is 13.1. The highest BCUT2D eigenvalue weighted by molar-refractivity contribution is 6.01. The van der Waals surface area contributed by atoms with Gasteiger partial charge in [0.1, 0.15) is 0 Å². The van der Waals surface area contributed by atoms with Crippen molar-refractivity contribution in [1.29, 1.82) is 0 Å². The van der Waals surface area contributed by atoms with Crippen molar-refractivity contribution in [2.75, 3.05) is 26.7 Å². The minimum atomic E-state index is -0.116. The summed E-state index contributed by atoms with van der Waals surface area (Å²) in [4.78, 5) is 36.6. The van der Waals surface area contributed by atoms with Crippen molar-refractivity contribution in [3.8, 4) is 22.5 Å². The first kappa shape index (κ1) is 22.9. The van der Waals surface area contributed by atoms with E-state index in [1.54, 1.807) is 0 Å². The maximum absolute atomic E-state index is 13.0. The van der Waals surface area contributed by atoms with Crippen LogP contribution < -0.4 is 10.6 Å². The molecule has 0 radical (unpaired) electrons. The molecule has 4 heterocycles. The maximum atomic E-state index is 13.0. The number of carbonyl (C=O) groups excluding carboxylic acids is 2. The lowest BCUT2D eigenvalue weighted by Crippen LogP contribution is -2.65. The molecule has 4 aromatic rings. The van der Waals surface area contributed by atoms with E-state index in [-0.39, 0.29) is 17.2 Å². The van der Waals surface area contributed by atoms with Crippen LogP contribution >= 0.6 is 0 Å². The predicted octanol–water partition coefficient (Wildman–Crippen LogP) is 3.70. The van der Waals surface area contributed by atoms with E-state index >= 15 is 0 Å². The highest BCUT2D eigenvalue weighted by Crippen LogP contribution is 2.44. The Hall–Kier alpha value is -4.23. The standard InChI is InChI=1S/C31H29N5O2/c1-36-17-31(18-36)16-34-30(38)26-23-11-10-22-15-32-25(13-24(22)27(23)35-28(26)31)20-8-5-9-21(12-20)29(37)33-14-19-6-3-2-4-7-19/h2-9,12-13,15,35H,10-11,14,16-18H2,1H3,(H,33,37)(H,34,38). The lowest BCUT2D eigenvalue weighted by atomic mass is 9.73. The molecular formula is C31H29N5O2. The van der Waals surface area contributed by atoms with Crippen molar-refractivity contribution in [2.24, 2.45) is 0 Å². The van der Waals surface area contributed by atoms with Crippen LogP contribution in [0, 0.1) is 0 Å². The van der Waals surface area contributed by atoms with Gasteiger partial charge in [-0.05, 0) is 54.8 Å². The van der Waals surface area contributed by atoms with Gasteiger partial charge in [0.2, 0.25) is 0 Å². The molecule has 1 spiro atoms. The molecule has 0 atom stereocenters. The van der Waals surface area contributed by atoms with Gasteiger partial charge in [-0.15, -0.1) is 0 Å². The van der Waals surface area contributed by atoms with Crippen LogP contribution in [0.25, 0.3) is 22.5 Å². The third-order valence-electron chi connectivity index (χ3n) is 8.21. The summed E-state index contributed by atoms with van der Waals surface area (Å²) in [5.74, 6) is -0.0839. The van der Waals surface area contributed by atoms with Gasteiger partial charge in [-0.1, -0.05) is 42.5 Å². The average Bonchev–Trinajstić information content (AvgIpc) is 3.35. The third-order valence-corrected chi connectivity index (χ3v) is 8.21. The Morgan fingerprint density at radius 1 is 1.08 bits per heavy atom. The molecule has 3 N–H and O–H groups in total. The quantitative estimate of drug-likeness (QED) is 0.396. The zero-order chi connectivity index (χ0) is 25.9. The average molecular weight is 504 g/mol. The highest BCUT2D eigenvalue weighted by atomic mass is 16.2. The fourth-order valence-electron chi connectivity index (χ4n) is 6.38. The largest absolute Gasteiger partial charge is 0.357 e. The van der Waals surface area contributed by atoms with E-state index < -0.39 is 0 Å². The van der Waals surface area contributed by atoms with Gasteiger partial charge >= 0.3 is 0 Å². The fraction of sp³-hybridized carbons (Fsp3) is 0.258. The number of carbonyl (C=O) groups is 2. The molecule has 1 aliphatic carbocycles. The molecule has 2 aromatic carbocycles. The minimum Gasteiger partial charge on any atom is -0.357 e. The van der Waals surface area contributed by atoms with Gasteiger partial charge in [-0.3, -0.25) is 14.6 Å². The second-order valence-corrected chi connectivity index (χ2v) is 10.8. The number of hydrogen-bond acceptors (Lipinski definition) is 4. The highest BCUT2D eigenvalue weighted by Gasteiger charge is 2.50. The smallest absolute Gasteiger partial charge is 0.253 e. The number of pyridine rings is 1. The fourth-order valence-corrected chi connectivity index (χ4v) is 6.38. The van der Waals surface area contributed by atoms with Crippen LogP contribution in [0.4, 0.5) is 0 Å². The number of likely N-dealkylation sites (tertiary alicyclic amines) is 1. The molecule has 7 rings (SSSR count). The number of benzene rings is 2. The molecule has 2 aromatic heterocycles. The first-order valence-electron chi connectivity index (χ1n) is 13.1. The van der Waals surface area contributed by atoms with Crippen molar-refractivity contribution in [3.63, 3.8) is 0 Å². The summed E-state index contributed by atoms with van der Waals surface area (Å²) >= 11 is 0. The molecule has 2 amide bonds. The summed E-state index contributed by atoms with van der Waals surface area (Å²) in [6, 6.07) is 19.6. The number of likely N-dealkylation sites (N-methyl/N-ethyl adjacent to an activating group) is 1. The first-order chi connectivity index (χ1) is 18.5. The van der Waals surface area contributed by atoms with E-state index in [1.807, 2.05) is 60.8 Å². The zero-order valence-corrected chi connectivity index (χ0v) is 21.3. The molecule has 190 valence electrons. The Morgan fingerprint density at radius 2 is 1.92 bits per heavy atom. The van der Waals surface area contributed by atoms with E-state index in [4.69, 9.17) is 4.98 Å². The number of rotatable bonds is 4. The van der Waals surface area contributed by atoms with Crippen molar-refractivity contribution in [3.05, 3.63) is 100 Å². The van der Waals surface area contributed by atoms with Crippen molar-refractivity contribution >= 4 is 11.8 Å². The predicted molar refractivity (Wildman–Crippen MR) is 146 cm³/mol. The molecule has 1 fully saturated rings. The lowest BCUT2D eigenvalue weighted by molar-refractivity contribution is 0.0688. The normalized spacial score (nSPS) is 17.1. The second kappa shape index (κ2) is 8.67. The molecule has 38 heavy (non-hydrogen) atoms. The molecule has 0 saturated carbocycles. The topological polar surface area (TPSA) is 90.1 Å². The van der Waals surface area contributed by atoms with Gasteiger partial charge in [0.15, 0.2) is 0 Å². The Morgan fingerprint density at radius 3 is 2.74 bits per heavy atom. The molecule has 7 heteroatoms. The molecule has 0 bridgehead atoms. The van der Waals surface area contributed by atoms with Crippen LogP contribution in [0.3, 0.4) is 0 Å². The van der Waals surface area contributed by atoms with Gasteiger partial charge in [-0.2, -0.15) is 0 Å². The summed E-state index contributed by atoms with van der Waals surface area (Å²) in [5.41, 5.74) is 9.69. The number of fused-ring (bicyclic) bond motifs is 6. The molecular weight excluding hydrogens is 474 g/mol. The van der Waals surface area contributed by atoms with Gasteiger partial charge in [0.05, 0.1) is 22.4 Å². The van der Waals surface area contributed by atoms with Crippen molar-refractivity contribution in [1.82, 2.24) is 25.5 Å². The Labute approximate surface area is 221 Å². The van der Waals surface area contributed by atoms with Crippen LogP contribution in [-0.4, -0.2) is 53.4 Å². The maximum Gasteiger partial charge on any atom is 0.253 e. The SMILES string of the molecule is CN1CC2(CNC(=O)c3c2[nH]c2c3CCc3cnc(-c4cccc(C(=O)NCc5ccccc5)c4)cc3-2)C1. The number of aryl methyl sites for hydroxylation is 1. The van der Waals surface area contributed by atoms with Crippen molar-refractivity contribution < 1.29 is 9.59 Å². The van der Waals surface area contributed by atoms with Gasteiger partial charge in [0.25, 0.3) is 11.8 Å². The minimum absolute atomic E-state index is 0.0321. The number of nitrogens with zero attached hydrogens (tertiary/aromatic N) is 2. The van der Waals surface area contributed by atoms with Crippen LogP contribution in [0.5, 0.6) is 0 Å². The van der Waals surface area contributed by atoms with Crippen LogP contribution in [0.15, 0.2) is 66.9 Å². The van der Waals surface area contributed by atoms with E-state index in [2.05, 4.69) is 33.6 Å². The van der Waals surface area contributed by atoms with Crippen molar-refractivity contribution in [2.45, 2.75) is 24.8 Å². The van der Waals surface area contributed by atoms with E-state index in [0.29, 0.717) is 18.7 Å². The number of aromatic nitrogens is 2. The van der Waals surface area contributed by atoms with E-state index in [1.165, 1.54) is 5.56 Å². The molecule has 2 aliphatic heterocycles. The number of hydrogen-bond donors (Lipinski definition) is 3. The van der Waals surface area contributed by atoms with Crippen LogP contribution in [0.2, 0.25) is 0 Å². The second-order valence-electron chi connectivity index (χ2n) is 10.8. The Kier molecular flexibility index (Phi) is 5.23. The monoisotopic (exact) mass is 503 g/mol. The summed E-state index contributed by atoms with van der Waals surface area (Å²) in [6.45, 7) is 3.03. The van der Waals surface area contributed by atoms with Gasteiger partial charge in [0, 0.05) is 54.8 Å². The van der Waals surface area contributed by atoms with Crippen LogP contribution in [-0.2, 0) is 24.8 Å². The summed E-state index contributed by atoms with van der Waals surface area (Å²) in [7, 11) is 2.12. The zero-order valence-electron chi connectivity index (χ0n) is 21.3. The van der Waals surface area contributed by atoms with Gasteiger partial charge < -0.3 is 20.5 Å². The lowest BCUT2D eigenvalue weighted by Gasteiger charge is -2.50. The molecule has 7 nitrogen and oxygen atoms in total. The van der Waals surface area contributed by atoms with E-state index in [9.17, 15) is 9.59 Å². The molecule has 1 saturated heterocycles. The third kappa shape index (κ3) is 3.65. The number of H-pyrrole nitrogens is 1. The summed E-state index contributed by atoms with van der Waals surface area (Å²) in [6.07, 6.45) is 3.62. The Bertz CT molecular complexity index is 1580. The number of nitrogens with one attached hydrogen (secondary N) is 3. The molecule has 0 unspecified atom stereocenters. The Balaban J connectivity index is 1.21. The summed E-state index contributed by atoms with van der Waals surface area (Å²) in [5, 5.41) is 6.16. The van der Waals surface area contributed by atoms with E-state index in [0.717, 1.165) is 70.8 Å².